The highest BCUT2D eigenvalue weighted by Gasteiger charge is 2.45. The van der Waals surface area contributed by atoms with Crippen LogP contribution in [-0.4, -0.2) is 23.3 Å². The van der Waals surface area contributed by atoms with Gasteiger partial charge in [-0.1, -0.05) is 19.8 Å². The van der Waals surface area contributed by atoms with Crippen LogP contribution in [0.1, 0.15) is 40.0 Å². The molecule has 14 heavy (non-hydrogen) atoms. The lowest BCUT2D eigenvalue weighted by Gasteiger charge is -2.30. The molecule has 82 valence electrons. The molecule has 1 aliphatic carbocycles. The number of ether oxygens (including phenoxy) is 1. The summed E-state index contributed by atoms with van der Waals surface area (Å²) in [6.45, 7) is 5.75. The molecule has 1 rings (SSSR count). The predicted molar refractivity (Wildman–Crippen MR) is 53.8 cm³/mol. The lowest BCUT2D eigenvalue weighted by molar-refractivity contribution is -0.170. The van der Waals surface area contributed by atoms with Crippen LogP contribution in [0.5, 0.6) is 0 Å². The van der Waals surface area contributed by atoms with E-state index in [0.717, 1.165) is 19.3 Å². The van der Waals surface area contributed by atoms with E-state index in [2.05, 4.69) is 6.92 Å². The molecule has 0 saturated heterocycles. The number of rotatable bonds is 3. The maximum atomic E-state index is 11.5. The topological polar surface area (TPSA) is 46.5 Å². The Bertz CT molecular complexity index is 211. The molecule has 3 heteroatoms. The molecule has 0 amide bonds. The first-order chi connectivity index (χ1) is 6.50. The summed E-state index contributed by atoms with van der Waals surface area (Å²) in [5, 5.41) is 10.1. The molecule has 0 bridgehead atoms. The van der Waals surface area contributed by atoms with Gasteiger partial charge in [-0.2, -0.15) is 0 Å². The lowest BCUT2D eigenvalue weighted by atomic mass is 9.82. The summed E-state index contributed by atoms with van der Waals surface area (Å²) in [7, 11) is 0. The van der Waals surface area contributed by atoms with Crippen molar-refractivity contribution < 1.29 is 14.6 Å². The minimum absolute atomic E-state index is 0.0570. The van der Waals surface area contributed by atoms with E-state index >= 15 is 0 Å². The molecule has 1 fully saturated rings. The highest BCUT2D eigenvalue weighted by Crippen LogP contribution is 2.39. The summed E-state index contributed by atoms with van der Waals surface area (Å²) in [6, 6.07) is 0. The van der Waals surface area contributed by atoms with Gasteiger partial charge >= 0.3 is 5.97 Å². The first-order valence-corrected chi connectivity index (χ1v) is 5.39. The molecule has 3 atom stereocenters. The Morgan fingerprint density at radius 3 is 2.64 bits per heavy atom. The van der Waals surface area contributed by atoms with Gasteiger partial charge in [0.25, 0.3) is 0 Å². The van der Waals surface area contributed by atoms with E-state index in [1.807, 2.05) is 0 Å². The van der Waals surface area contributed by atoms with Crippen LogP contribution in [0.4, 0.5) is 0 Å². The zero-order valence-electron chi connectivity index (χ0n) is 9.25. The third-order valence-electron chi connectivity index (χ3n) is 3.27. The van der Waals surface area contributed by atoms with Crippen LogP contribution in [0.15, 0.2) is 0 Å². The van der Waals surface area contributed by atoms with Gasteiger partial charge in [-0.25, -0.2) is 4.79 Å². The van der Waals surface area contributed by atoms with Gasteiger partial charge in [0, 0.05) is 5.92 Å². The van der Waals surface area contributed by atoms with Gasteiger partial charge < -0.3 is 9.84 Å². The van der Waals surface area contributed by atoms with E-state index in [9.17, 15) is 9.90 Å². The summed E-state index contributed by atoms with van der Waals surface area (Å²) in [6.07, 6.45) is 3.12. The Hall–Kier alpha value is -0.570. The first kappa shape index (κ1) is 11.5. The van der Waals surface area contributed by atoms with Gasteiger partial charge in [0.05, 0.1) is 6.61 Å². The second kappa shape index (κ2) is 4.30. The molecule has 0 aromatic carbocycles. The molecule has 1 aliphatic rings. The molecular formula is C11H20O3. The Kier molecular flexibility index (Phi) is 3.53. The molecule has 0 aromatic heterocycles. The van der Waals surface area contributed by atoms with Crippen molar-refractivity contribution in [3.63, 3.8) is 0 Å². The molecule has 0 spiro atoms. The van der Waals surface area contributed by atoms with Crippen LogP contribution in [0.2, 0.25) is 0 Å². The monoisotopic (exact) mass is 200 g/mol. The fraction of sp³-hybridized carbons (Fsp3) is 0.909. The van der Waals surface area contributed by atoms with Crippen molar-refractivity contribution in [2.45, 2.75) is 45.6 Å². The average Bonchev–Trinajstić information content (AvgIpc) is 2.52. The molecule has 0 radical (unpaired) electrons. The highest BCUT2D eigenvalue weighted by atomic mass is 16.5. The summed E-state index contributed by atoms with van der Waals surface area (Å²) in [4.78, 5) is 11.5. The number of esters is 1. The Morgan fingerprint density at radius 2 is 2.21 bits per heavy atom. The van der Waals surface area contributed by atoms with Crippen molar-refractivity contribution in [2.24, 2.45) is 11.8 Å². The van der Waals surface area contributed by atoms with Gasteiger partial charge in [-0.15, -0.1) is 0 Å². The molecule has 1 N–H and O–H groups in total. The van der Waals surface area contributed by atoms with Crippen molar-refractivity contribution in [3.8, 4) is 0 Å². The molecule has 0 aliphatic heterocycles. The molecule has 3 nitrogen and oxygen atoms in total. The maximum absolute atomic E-state index is 11.5. The SMILES string of the molecule is CCOC(=O)C(C)(O)C1CCCC1C. The second-order valence-electron chi connectivity index (χ2n) is 4.38. The van der Waals surface area contributed by atoms with Crippen LogP contribution in [0, 0.1) is 11.8 Å². The second-order valence-corrected chi connectivity index (χ2v) is 4.38. The van der Waals surface area contributed by atoms with Crippen LogP contribution in [0.3, 0.4) is 0 Å². The van der Waals surface area contributed by atoms with Crippen molar-refractivity contribution in [2.75, 3.05) is 6.61 Å². The van der Waals surface area contributed by atoms with E-state index in [1.54, 1.807) is 13.8 Å². The average molecular weight is 200 g/mol. The minimum atomic E-state index is -1.30. The van der Waals surface area contributed by atoms with Crippen LogP contribution < -0.4 is 0 Å². The minimum Gasteiger partial charge on any atom is -0.464 e. The molecule has 1 saturated carbocycles. The molecule has 3 unspecified atom stereocenters. The number of aliphatic hydroxyl groups is 1. The summed E-state index contributed by atoms with van der Waals surface area (Å²) < 4.78 is 4.88. The molecule has 0 heterocycles. The van der Waals surface area contributed by atoms with Crippen LogP contribution in [-0.2, 0) is 9.53 Å². The normalized spacial score (nSPS) is 31.1. The van der Waals surface area contributed by atoms with Gasteiger partial charge in [0.2, 0.25) is 0 Å². The van der Waals surface area contributed by atoms with Gasteiger partial charge in [-0.3, -0.25) is 0 Å². The van der Waals surface area contributed by atoms with Crippen LogP contribution in [0.25, 0.3) is 0 Å². The lowest BCUT2D eigenvalue weighted by Crippen LogP contribution is -2.45. The van der Waals surface area contributed by atoms with Crippen molar-refractivity contribution in [1.82, 2.24) is 0 Å². The fourth-order valence-corrected chi connectivity index (χ4v) is 2.41. The third kappa shape index (κ3) is 2.08. The Labute approximate surface area is 85.5 Å². The van der Waals surface area contributed by atoms with Gasteiger partial charge in [-0.05, 0) is 26.2 Å². The summed E-state index contributed by atoms with van der Waals surface area (Å²) in [5.41, 5.74) is -1.30. The fourth-order valence-electron chi connectivity index (χ4n) is 2.41. The number of carbonyl (C=O) groups is 1. The van der Waals surface area contributed by atoms with E-state index in [1.165, 1.54) is 0 Å². The number of carbonyl (C=O) groups excluding carboxylic acids is 1. The van der Waals surface area contributed by atoms with Gasteiger partial charge in [0.15, 0.2) is 5.60 Å². The highest BCUT2D eigenvalue weighted by molar-refractivity contribution is 5.79. The molecule has 0 aromatic rings. The zero-order chi connectivity index (χ0) is 10.8. The Balaban J connectivity index is 2.67. The quantitative estimate of drug-likeness (QED) is 0.706. The van der Waals surface area contributed by atoms with E-state index in [-0.39, 0.29) is 5.92 Å². The first-order valence-electron chi connectivity index (χ1n) is 5.39. The van der Waals surface area contributed by atoms with E-state index < -0.39 is 11.6 Å². The molecular weight excluding hydrogens is 180 g/mol. The summed E-state index contributed by atoms with van der Waals surface area (Å²) in [5.74, 6) is -0.00490. The van der Waals surface area contributed by atoms with Crippen molar-refractivity contribution in [1.29, 1.82) is 0 Å². The number of hydrogen-bond donors (Lipinski definition) is 1. The smallest absolute Gasteiger partial charge is 0.338 e. The predicted octanol–water partition coefficient (Wildman–Crippen LogP) is 1.74. The van der Waals surface area contributed by atoms with Crippen molar-refractivity contribution in [3.05, 3.63) is 0 Å². The van der Waals surface area contributed by atoms with Gasteiger partial charge in [0.1, 0.15) is 0 Å². The zero-order valence-corrected chi connectivity index (χ0v) is 9.25. The maximum Gasteiger partial charge on any atom is 0.338 e. The third-order valence-corrected chi connectivity index (χ3v) is 3.27. The largest absolute Gasteiger partial charge is 0.464 e. The van der Waals surface area contributed by atoms with E-state index in [4.69, 9.17) is 4.74 Å². The standard InChI is InChI=1S/C11H20O3/c1-4-14-10(12)11(3,13)9-7-5-6-8(9)2/h8-9,13H,4-7H2,1-3H3. The summed E-state index contributed by atoms with van der Waals surface area (Å²) >= 11 is 0. The van der Waals surface area contributed by atoms with Crippen LogP contribution >= 0.6 is 0 Å². The number of hydrogen-bond acceptors (Lipinski definition) is 3. The van der Waals surface area contributed by atoms with Crippen molar-refractivity contribution >= 4 is 5.97 Å². The Morgan fingerprint density at radius 1 is 1.57 bits per heavy atom. The van der Waals surface area contributed by atoms with E-state index in [0.29, 0.717) is 12.5 Å².